The van der Waals surface area contributed by atoms with Crippen molar-refractivity contribution in [2.24, 2.45) is 5.92 Å². The van der Waals surface area contributed by atoms with Crippen molar-refractivity contribution in [1.82, 2.24) is 4.90 Å². The molecule has 4 aliphatic heterocycles. The second-order valence-corrected chi connectivity index (χ2v) is 6.98. The van der Waals surface area contributed by atoms with E-state index in [1.165, 1.54) is 12.0 Å². The van der Waals surface area contributed by atoms with E-state index >= 15 is 0 Å². The van der Waals surface area contributed by atoms with Gasteiger partial charge < -0.3 is 14.2 Å². The van der Waals surface area contributed by atoms with Crippen LogP contribution >= 0.6 is 0 Å². The standard InChI is InChI=1S/C18H23N3O4/c1-23-13-3-4-14(15(9-13)24-2)21-16(19)10-18(25-17(21)22)11-20-7-5-12(18)6-8-20/h3-4,9,12,19H,5-8,10-11H2,1-2H3. The second kappa shape index (κ2) is 5.91. The lowest BCUT2D eigenvalue weighted by Crippen LogP contribution is -2.66. The van der Waals surface area contributed by atoms with E-state index < -0.39 is 11.7 Å². The van der Waals surface area contributed by atoms with Crippen LogP contribution in [0.5, 0.6) is 11.5 Å². The van der Waals surface area contributed by atoms with Crippen molar-refractivity contribution in [2.45, 2.75) is 24.9 Å². The Morgan fingerprint density at radius 1 is 1.24 bits per heavy atom. The Hall–Kier alpha value is -2.28. The Morgan fingerprint density at radius 3 is 2.56 bits per heavy atom. The molecule has 4 heterocycles. The third kappa shape index (κ3) is 2.54. The van der Waals surface area contributed by atoms with E-state index in [-0.39, 0.29) is 5.84 Å². The summed E-state index contributed by atoms with van der Waals surface area (Å²) in [6.45, 7) is 2.86. The molecule has 1 amide bonds. The first kappa shape index (κ1) is 16.2. The van der Waals surface area contributed by atoms with Crippen LogP contribution in [0, 0.1) is 11.3 Å². The number of benzene rings is 1. The fraction of sp³-hybridized carbons (Fsp3) is 0.556. The summed E-state index contributed by atoms with van der Waals surface area (Å²) in [5, 5.41) is 8.55. The van der Waals surface area contributed by atoms with Gasteiger partial charge in [-0.2, -0.15) is 0 Å². The number of anilines is 1. The zero-order valence-electron chi connectivity index (χ0n) is 14.6. The van der Waals surface area contributed by atoms with Crippen LogP contribution in [0.4, 0.5) is 10.5 Å². The molecular formula is C18H23N3O4. The van der Waals surface area contributed by atoms with Crippen LogP contribution in [0.3, 0.4) is 0 Å². The van der Waals surface area contributed by atoms with Crippen molar-refractivity contribution in [1.29, 1.82) is 5.41 Å². The van der Waals surface area contributed by atoms with Gasteiger partial charge in [-0.15, -0.1) is 0 Å². The van der Waals surface area contributed by atoms with Crippen LogP contribution in [-0.4, -0.2) is 56.3 Å². The fourth-order valence-electron chi connectivity index (χ4n) is 4.38. The molecule has 0 aliphatic carbocycles. The van der Waals surface area contributed by atoms with Crippen LogP contribution in [0.15, 0.2) is 18.2 Å². The molecule has 134 valence electrons. The molecule has 4 aliphatic rings. The van der Waals surface area contributed by atoms with Gasteiger partial charge in [0.05, 0.1) is 19.9 Å². The number of hydrogen-bond donors (Lipinski definition) is 1. The lowest BCUT2D eigenvalue weighted by atomic mass is 9.72. The molecule has 0 radical (unpaired) electrons. The molecular weight excluding hydrogens is 322 g/mol. The molecule has 5 rings (SSSR count). The fourth-order valence-corrected chi connectivity index (χ4v) is 4.38. The van der Waals surface area contributed by atoms with Crippen LogP contribution in [0.25, 0.3) is 0 Å². The molecule has 1 aromatic carbocycles. The quantitative estimate of drug-likeness (QED) is 0.911. The van der Waals surface area contributed by atoms with Gasteiger partial charge in [-0.1, -0.05) is 0 Å². The van der Waals surface area contributed by atoms with Gasteiger partial charge in [0.25, 0.3) is 0 Å². The summed E-state index contributed by atoms with van der Waals surface area (Å²) in [4.78, 5) is 16.5. The Morgan fingerprint density at radius 2 is 2.00 bits per heavy atom. The highest BCUT2D eigenvalue weighted by Gasteiger charge is 2.54. The molecule has 1 atom stereocenters. The number of rotatable bonds is 3. The molecule has 1 spiro atoms. The number of nitrogens with one attached hydrogen (secondary N) is 1. The number of nitrogens with zero attached hydrogens (tertiary/aromatic N) is 2. The minimum absolute atomic E-state index is 0.258. The Labute approximate surface area is 147 Å². The first-order valence-corrected chi connectivity index (χ1v) is 8.61. The normalized spacial score (nSPS) is 31.2. The van der Waals surface area contributed by atoms with Crippen molar-refractivity contribution in [3.63, 3.8) is 0 Å². The molecule has 4 fully saturated rings. The SMILES string of the molecule is COc1ccc(N2C(=N)CC3(CN4CCC3CC4)OC2=O)c(OC)c1. The molecule has 0 saturated carbocycles. The number of ether oxygens (including phenoxy) is 3. The maximum absolute atomic E-state index is 12.8. The highest BCUT2D eigenvalue weighted by molar-refractivity contribution is 6.16. The van der Waals surface area contributed by atoms with Crippen molar-refractivity contribution in [3.8, 4) is 11.5 Å². The Bertz CT molecular complexity index is 694. The summed E-state index contributed by atoms with van der Waals surface area (Å²) in [6, 6.07) is 5.17. The average Bonchev–Trinajstić information content (AvgIpc) is 2.62. The smallest absolute Gasteiger partial charge is 0.420 e. The number of carbonyl (C=O) groups is 1. The summed E-state index contributed by atoms with van der Waals surface area (Å²) >= 11 is 0. The summed E-state index contributed by atoms with van der Waals surface area (Å²) in [5.74, 6) is 1.72. The van der Waals surface area contributed by atoms with Gasteiger partial charge in [0, 0.05) is 24.9 Å². The summed E-state index contributed by atoms with van der Waals surface area (Å²) in [7, 11) is 3.11. The second-order valence-electron chi connectivity index (χ2n) is 6.98. The summed E-state index contributed by atoms with van der Waals surface area (Å²) in [6.07, 6.45) is 2.02. The maximum Gasteiger partial charge on any atom is 0.420 e. The van der Waals surface area contributed by atoms with E-state index in [4.69, 9.17) is 19.6 Å². The van der Waals surface area contributed by atoms with Crippen molar-refractivity contribution >= 4 is 17.6 Å². The van der Waals surface area contributed by atoms with Crippen molar-refractivity contribution in [3.05, 3.63) is 18.2 Å². The van der Waals surface area contributed by atoms with Crippen LogP contribution in [0.1, 0.15) is 19.3 Å². The average molecular weight is 345 g/mol. The highest BCUT2D eigenvalue weighted by Crippen LogP contribution is 2.45. The van der Waals surface area contributed by atoms with Gasteiger partial charge in [0.2, 0.25) is 0 Å². The number of amidine groups is 1. The number of fused-ring (bicyclic) bond motifs is 2. The topological polar surface area (TPSA) is 75.1 Å². The van der Waals surface area contributed by atoms with E-state index in [1.54, 1.807) is 25.3 Å². The zero-order chi connectivity index (χ0) is 17.6. The highest BCUT2D eigenvalue weighted by atomic mass is 16.6. The first-order chi connectivity index (χ1) is 12.1. The molecule has 7 heteroatoms. The number of carbonyl (C=O) groups excluding carboxylic acids is 1. The number of amides is 1. The van der Waals surface area contributed by atoms with Crippen molar-refractivity contribution < 1.29 is 19.0 Å². The number of hydrogen-bond acceptors (Lipinski definition) is 6. The molecule has 0 aromatic heterocycles. The molecule has 7 nitrogen and oxygen atoms in total. The summed E-state index contributed by atoms with van der Waals surface area (Å²) < 4.78 is 16.6. The first-order valence-electron chi connectivity index (χ1n) is 8.61. The zero-order valence-corrected chi connectivity index (χ0v) is 14.6. The third-order valence-electron chi connectivity index (χ3n) is 5.66. The lowest BCUT2D eigenvalue weighted by molar-refractivity contribution is -0.113. The van der Waals surface area contributed by atoms with Gasteiger partial charge >= 0.3 is 6.09 Å². The van der Waals surface area contributed by atoms with E-state index in [1.807, 2.05) is 0 Å². The number of methoxy groups -OCH3 is 2. The van der Waals surface area contributed by atoms with Gasteiger partial charge in [0.15, 0.2) is 0 Å². The number of piperidine rings is 3. The third-order valence-corrected chi connectivity index (χ3v) is 5.66. The van der Waals surface area contributed by atoms with E-state index in [2.05, 4.69) is 4.90 Å². The molecule has 4 saturated heterocycles. The summed E-state index contributed by atoms with van der Waals surface area (Å²) in [5.41, 5.74) is -0.0321. The van der Waals surface area contributed by atoms with Crippen molar-refractivity contribution in [2.75, 3.05) is 38.8 Å². The molecule has 1 unspecified atom stereocenters. The minimum atomic E-state index is -0.541. The minimum Gasteiger partial charge on any atom is -0.497 e. The van der Waals surface area contributed by atoms with Crippen LogP contribution in [0.2, 0.25) is 0 Å². The molecule has 1 aromatic rings. The predicted molar refractivity (Wildman–Crippen MR) is 92.7 cm³/mol. The Kier molecular flexibility index (Phi) is 3.83. The van der Waals surface area contributed by atoms with E-state index in [0.29, 0.717) is 29.5 Å². The molecule has 25 heavy (non-hydrogen) atoms. The van der Waals surface area contributed by atoms with Gasteiger partial charge in [-0.05, 0) is 38.1 Å². The van der Waals surface area contributed by atoms with Gasteiger partial charge in [0.1, 0.15) is 22.9 Å². The van der Waals surface area contributed by atoms with Crippen LogP contribution < -0.4 is 14.4 Å². The maximum atomic E-state index is 12.8. The predicted octanol–water partition coefficient (Wildman–Crippen LogP) is 2.49. The monoisotopic (exact) mass is 345 g/mol. The van der Waals surface area contributed by atoms with Gasteiger partial charge in [-0.25, -0.2) is 9.69 Å². The molecule has 1 N–H and O–H groups in total. The van der Waals surface area contributed by atoms with Gasteiger partial charge in [-0.3, -0.25) is 10.3 Å². The molecule has 2 bridgehead atoms. The van der Waals surface area contributed by atoms with Crippen LogP contribution in [-0.2, 0) is 4.74 Å². The largest absolute Gasteiger partial charge is 0.497 e. The van der Waals surface area contributed by atoms with E-state index in [0.717, 1.165) is 32.5 Å². The Balaban J connectivity index is 1.64. The van der Waals surface area contributed by atoms with E-state index in [9.17, 15) is 4.79 Å². The lowest BCUT2D eigenvalue weighted by Gasteiger charge is -2.54.